The van der Waals surface area contributed by atoms with E-state index in [1.165, 1.54) is 0 Å². The Morgan fingerprint density at radius 2 is 2.19 bits per heavy atom. The summed E-state index contributed by atoms with van der Waals surface area (Å²) >= 11 is 1.84. The summed E-state index contributed by atoms with van der Waals surface area (Å²) in [6.07, 6.45) is 3.21. The van der Waals surface area contributed by atoms with Crippen LogP contribution in [0.4, 0.5) is 11.4 Å². The first-order chi connectivity index (χ1) is 7.69. The van der Waals surface area contributed by atoms with Crippen molar-refractivity contribution in [1.29, 1.82) is 0 Å². The monoisotopic (exact) mass is 240 g/mol. The highest BCUT2D eigenvalue weighted by atomic mass is 32.2. The molecule has 0 fully saturated rings. The summed E-state index contributed by atoms with van der Waals surface area (Å²) in [5, 5.41) is 3.46. The van der Waals surface area contributed by atoms with Crippen molar-refractivity contribution in [3.63, 3.8) is 0 Å². The lowest BCUT2D eigenvalue weighted by molar-refractivity contribution is 0.415. The van der Waals surface area contributed by atoms with Gasteiger partial charge in [0, 0.05) is 35.3 Å². The van der Waals surface area contributed by atoms with E-state index in [0.717, 1.165) is 29.3 Å². The number of thioether (sulfide) groups is 1. The standard InChI is InChI=1S/C12H20N2OS/c1-4-10(8-16-3)14-11-5-9(13)6-12(7-11)15-2/h5-7,10,14H,4,8,13H2,1-3H3. The molecule has 0 radical (unpaired) electrons. The van der Waals surface area contributed by atoms with E-state index in [-0.39, 0.29) is 0 Å². The van der Waals surface area contributed by atoms with Gasteiger partial charge in [-0.15, -0.1) is 0 Å². The van der Waals surface area contributed by atoms with Gasteiger partial charge >= 0.3 is 0 Å². The van der Waals surface area contributed by atoms with Crippen LogP contribution in [0.3, 0.4) is 0 Å². The van der Waals surface area contributed by atoms with E-state index in [9.17, 15) is 0 Å². The van der Waals surface area contributed by atoms with Gasteiger partial charge in [0.15, 0.2) is 0 Å². The Hall–Kier alpha value is -1.03. The van der Waals surface area contributed by atoms with Crippen LogP contribution in [0.5, 0.6) is 5.75 Å². The molecule has 1 atom stereocenters. The Morgan fingerprint density at radius 3 is 2.75 bits per heavy atom. The molecule has 0 bridgehead atoms. The van der Waals surface area contributed by atoms with E-state index < -0.39 is 0 Å². The molecule has 0 amide bonds. The van der Waals surface area contributed by atoms with Gasteiger partial charge in [-0.1, -0.05) is 6.92 Å². The molecular formula is C12H20N2OS. The van der Waals surface area contributed by atoms with Gasteiger partial charge in [0.2, 0.25) is 0 Å². The highest BCUT2D eigenvalue weighted by Gasteiger charge is 2.06. The second kappa shape index (κ2) is 6.53. The zero-order valence-electron chi connectivity index (χ0n) is 10.1. The number of ether oxygens (including phenoxy) is 1. The number of hydrogen-bond donors (Lipinski definition) is 2. The smallest absolute Gasteiger partial charge is 0.122 e. The fourth-order valence-electron chi connectivity index (χ4n) is 1.52. The highest BCUT2D eigenvalue weighted by molar-refractivity contribution is 7.98. The Balaban J connectivity index is 2.74. The second-order valence-corrected chi connectivity index (χ2v) is 4.61. The minimum Gasteiger partial charge on any atom is -0.497 e. The number of benzene rings is 1. The normalized spacial score (nSPS) is 12.2. The van der Waals surface area contributed by atoms with Crippen LogP contribution < -0.4 is 15.8 Å². The number of methoxy groups -OCH3 is 1. The van der Waals surface area contributed by atoms with E-state index in [0.29, 0.717) is 6.04 Å². The van der Waals surface area contributed by atoms with Crippen molar-refractivity contribution in [3.8, 4) is 5.75 Å². The number of rotatable bonds is 6. The van der Waals surface area contributed by atoms with Crippen LogP contribution in [0.2, 0.25) is 0 Å². The maximum Gasteiger partial charge on any atom is 0.122 e. The molecule has 0 saturated carbocycles. The largest absolute Gasteiger partial charge is 0.497 e. The molecule has 0 saturated heterocycles. The molecule has 0 heterocycles. The molecule has 0 aliphatic carbocycles. The molecule has 0 spiro atoms. The van der Waals surface area contributed by atoms with Gasteiger partial charge in [0.05, 0.1) is 7.11 Å². The van der Waals surface area contributed by atoms with Crippen LogP contribution in [0.25, 0.3) is 0 Å². The maximum atomic E-state index is 5.80. The molecule has 3 N–H and O–H groups in total. The molecule has 16 heavy (non-hydrogen) atoms. The fraction of sp³-hybridized carbons (Fsp3) is 0.500. The first kappa shape index (κ1) is 13.0. The highest BCUT2D eigenvalue weighted by Crippen LogP contribution is 2.23. The fourth-order valence-corrected chi connectivity index (χ4v) is 2.24. The van der Waals surface area contributed by atoms with Gasteiger partial charge in [-0.2, -0.15) is 11.8 Å². The number of nitrogens with two attached hydrogens (primary N) is 1. The van der Waals surface area contributed by atoms with Crippen molar-refractivity contribution in [2.45, 2.75) is 19.4 Å². The van der Waals surface area contributed by atoms with E-state index in [1.54, 1.807) is 7.11 Å². The molecular weight excluding hydrogens is 220 g/mol. The zero-order chi connectivity index (χ0) is 12.0. The number of anilines is 2. The average Bonchev–Trinajstić information content (AvgIpc) is 2.27. The van der Waals surface area contributed by atoms with E-state index in [4.69, 9.17) is 10.5 Å². The molecule has 90 valence electrons. The summed E-state index contributed by atoms with van der Waals surface area (Å²) in [5.41, 5.74) is 7.55. The van der Waals surface area contributed by atoms with Crippen molar-refractivity contribution in [3.05, 3.63) is 18.2 Å². The summed E-state index contributed by atoms with van der Waals surface area (Å²) in [6, 6.07) is 6.20. The van der Waals surface area contributed by atoms with Gasteiger partial charge in [0.1, 0.15) is 5.75 Å². The minimum absolute atomic E-state index is 0.474. The molecule has 1 unspecified atom stereocenters. The van der Waals surface area contributed by atoms with Crippen molar-refractivity contribution in [2.75, 3.05) is 30.2 Å². The van der Waals surface area contributed by atoms with E-state index >= 15 is 0 Å². The third-order valence-electron chi connectivity index (χ3n) is 2.40. The average molecular weight is 240 g/mol. The van der Waals surface area contributed by atoms with Crippen molar-refractivity contribution >= 4 is 23.1 Å². The number of nitrogen functional groups attached to an aromatic ring is 1. The lowest BCUT2D eigenvalue weighted by Gasteiger charge is -2.18. The summed E-state index contributed by atoms with van der Waals surface area (Å²) < 4.78 is 5.19. The van der Waals surface area contributed by atoms with Crippen LogP contribution in [0.15, 0.2) is 18.2 Å². The van der Waals surface area contributed by atoms with Gasteiger partial charge in [0.25, 0.3) is 0 Å². The Morgan fingerprint density at radius 1 is 1.44 bits per heavy atom. The zero-order valence-corrected chi connectivity index (χ0v) is 10.9. The summed E-state index contributed by atoms with van der Waals surface area (Å²) in [4.78, 5) is 0. The molecule has 3 nitrogen and oxygen atoms in total. The van der Waals surface area contributed by atoms with Gasteiger partial charge < -0.3 is 15.8 Å². The summed E-state index contributed by atoms with van der Waals surface area (Å²) in [6.45, 7) is 2.18. The van der Waals surface area contributed by atoms with Crippen molar-refractivity contribution in [2.24, 2.45) is 0 Å². The Labute approximate surface area is 102 Å². The summed E-state index contributed by atoms with van der Waals surface area (Å²) in [7, 11) is 1.65. The third-order valence-corrected chi connectivity index (χ3v) is 3.13. The predicted octanol–water partition coefficient (Wildman–Crippen LogP) is 2.83. The first-order valence-corrected chi connectivity index (χ1v) is 6.79. The Bertz CT molecular complexity index is 331. The van der Waals surface area contributed by atoms with Crippen LogP contribution in [0.1, 0.15) is 13.3 Å². The van der Waals surface area contributed by atoms with Crippen molar-refractivity contribution in [1.82, 2.24) is 0 Å². The molecule has 1 aromatic rings. The predicted molar refractivity (Wildman–Crippen MR) is 73.5 cm³/mol. The van der Waals surface area contributed by atoms with Crippen molar-refractivity contribution < 1.29 is 4.74 Å². The minimum atomic E-state index is 0.474. The molecule has 1 aromatic carbocycles. The lowest BCUT2D eigenvalue weighted by Crippen LogP contribution is -2.21. The quantitative estimate of drug-likeness (QED) is 0.751. The first-order valence-electron chi connectivity index (χ1n) is 5.39. The lowest BCUT2D eigenvalue weighted by atomic mass is 10.2. The summed E-state index contributed by atoms with van der Waals surface area (Å²) in [5.74, 6) is 1.88. The maximum absolute atomic E-state index is 5.80. The number of nitrogens with one attached hydrogen (secondary N) is 1. The van der Waals surface area contributed by atoms with Gasteiger partial charge in [-0.3, -0.25) is 0 Å². The third kappa shape index (κ3) is 3.85. The van der Waals surface area contributed by atoms with E-state index in [2.05, 4.69) is 18.5 Å². The molecule has 0 aliphatic rings. The SMILES string of the molecule is CCC(CSC)Nc1cc(N)cc(OC)c1. The van der Waals surface area contributed by atoms with Crippen LogP contribution in [0, 0.1) is 0 Å². The van der Waals surface area contributed by atoms with Crippen LogP contribution >= 0.6 is 11.8 Å². The van der Waals surface area contributed by atoms with Crippen LogP contribution in [-0.4, -0.2) is 25.2 Å². The Kier molecular flexibility index (Phi) is 5.32. The molecule has 4 heteroatoms. The molecule has 1 rings (SSSR count). The van der Waals surface area contributed by atoms with Crippen LogP contribution in [-0.2, 0) is 0 Å². The van der Waals surface area contributed by atoms with E-state index in [1.807, 2.05) is 30.0 Å². The topological polar surface area (TPSA) is 47.3 Å². The second-order valence-electron chi connectivity index (χ2n) is 3.70. The van der Waals surface area contributed by atoms with Gasteiger partial charge in [-0.25, -0.2) is 0 Å². The number of hydrogen-bond acceptors (Lipinski definition) is 4. The van der Waals surface area contributed by atoms with Gasteiger partial charge in [-0.05, 0) is 18.7 Å². The molecule has 0 aromatic heterocycles. The molecule has 0 aliphatic heterocycles.